The summed E-state index contributed by atoms with van der Waals surface area (Å²) in [6, 6.07) is 0. The third-order valence-corrected chi connectivity index (χ3v) is 0. The molecule has 0 amide bonds. The summed E-state index contributed by atoms with van der Waals surface area (Å²) >= 11 is 7.21. The van der Waals surface area contributed by atoms with Crippen LogP contribution in [0.1, 0.15) is 20.3 Å². The summed E-state index contributed by atoms with van der Waals surface area (Å²) in [5.41, 5.74) is 0. The zero-order valence-corrected chi connectivity index (χ0v) is 15.6. The van der Waals surface area contributed by atoms with Crippen LogP contribution < -0.4 is 0 Å². The summed E-state index contributed by atoms with van der Waals surface area (Å²) in [6.45, 7) is 2.89. The fourth-order valence-electron chi connectivity index (χ4n) is 0. The number of hydrogen-bond donors (Lipinski definition) is 6. The van der Waals surface area contributed by atoms with Crippen LogP contribution in [0.3, 0.4) is 0 Å². The maximum absolute atomic E-state index is 7.56. The average molecular weight is 366 g/mol. The Bertz CT molecular complexity index is 157. The van der Waals surface area contributed by atoms with Gasteiger partial charge in [0.05, 0.1) is 0 Å². The molecular weight excluding hydrogens is 348 g/mol. The molecule has 0 bridgehead atoms. The molecule has 0 aromatic heterocycles. The summed E-state index contributed by atoms with van der Waals surface area (Å²) < 4.78 is 0. The van der Waals surface area contributed by atoms with Crippen molar-refractivity contribution in [3.63, 3.8) is 0 Å². The molecule has 98 valence electrons. The van der Waals surface area contributed by atoms with Gasteiger partial charge in [0, 0.05) is 0 Å². The van der Waals surface area contributed by atoms with Crippen LogP contribution in [0.4, 0.5) is 0 Å². The second-order valence-electron chi connectivity index (χ2n) is 1.53. The minimum atomic E-state index is -3.81. The van der Waals surface area contributed by atoms with E-state index in [-0.39, 0.29) is 19.5 Å². The second-order valence-corrected chi connectivity index (χ2v) is 6.52. The molecule has 0 aliphatic carbocycles. The van der Waals surface area contributed by atoms with E-state index >= 15 is 0 Å². The number of rotatable bonds is 0. The van der Waals surface area contributed by atoms with E-state index in [2.05, 4.69) is 37.5 Å². The molecule has 0 aromatic rings. The Balaban J connectivity index is -0.0000000349. The summed E-state index contributed by atoms with van der Waals surface area (Å²) in [7, 11) is 0. The van der Waals surface area contributed by atoms with Gasteiger partial charge in [0.25, 0.3) is 0 Å². The molecule has 0 aliphatic heterocycles. The van der Waals surface area contributed by atoms with Crippen molar-refractivity contribution in [1.82, 2.24) is 0 Å². The molecule has 0 aromatic carbocycles. The first-order valence-electron chi connectivity index (χ1n) is 3.48. The Morgan fingerprint density at radius 2 is 0.875 bits per heavy atom. The van der Waals surface area contributed by atoms with Crippen molar-refractivity contribution >= 4 is 37.1 Å². The van der Waals surface area contributed by atoms with Crippen molar-refractivity contribution in [2.24, 2.45) is 0 Å². The van der Waals surface area contributed by atoms with Crippen molar-refractivity contribution in [2.75, 3.05) is 0 Å². The molecule has 0 spiro atoms. The van der Waals surface area contributed by atoms with Gasteiger partial charge in [-0.1, -0.05) is 6.92 Å². The second kappa shape index (κ2) is 19.0. The Labute approximate surface area is 120 Å². The van der Waals surface area contributed by atoms with Crippen LogP contribution in [0.2, 0.25) is 0 Å². The fourth-order valence-corrected chi connectivity index (χ4v) is 0. The normalized spacial score (nSPS) is 8.88. The maximum atomic E-state index is 7.56. The van der Waals surface area contributed by atoms with Crippen LogP contribution in [0.15, 0.2) is 0 Å². The van der Waals surface area contributed by atoms with Crippen molar-refractivity contribution in [3.05, 3.63) is 13.8 Å². The summed E-state index contributed by atoms with van der Waals surface area (Å²) in [5.74, 6) is 0. The molecule has 6 N–H and O–H groups in total. The molecule has 0 heterocycles. The topological polar surface area (TPSA) is 121 Å². The third-order valence-electron chi connectivity index (χ3n) is 0. The Kier molecular flexibility index (Phi) is 36.4. The van der Waals surface area contributed by atoms with E-state index in [4.69, 9.17) is 29.4 Å². The van der Waals surface area contributed by atoms with E-state index < -0.39 is 13.4 Å². The van der Waals surface area contributed by atoms with Gasteiger partial charge in [0.2, 0.25) is 0 Å². The SMILES string of the molecule is OP(O)(O)=S.OP(O)(O)=S.[CH2-]C.[CH2-]CC.[Zn+2]. The zero-order chi connectivity index (χ0) is 13.7. The standard InChI is InChI=1S/C3H7.C2H5.2H3O3PS.Zn/c1-3-2;1-2;2*1-4(2,3)5;/h1,3H2,2H3;1H2,2H3;2*(H3,1,2,3,5);/q2*-1;;;+2. The molecule has 0 radical (unpaired) electrons. The molecule has 0 atom stereocenters. The maximum Gasteiger partial charge on any atom is 2.00 e. The number of hydrogen-bond acceptors (Lipinski definition) is 2. The summed E-state index contributed by atoms with van der Waals surface area (Å²) in [5, 5.41) is 0. The van der Waals surface area contributed by atoms with Gasteiger partial charge in [-0.3, -0.25) is 0 Å². The van der Waals surface area contributed by atoms with Gasteiger partial charge in [-0.25, -0.2) is 0 Å². The van der Waals surface area contributed by atoms with E-state index in [1.165, 1.54) is 0 Å². The molecule has 11 heteroatoms. The van der Waals surface area contributed by atoms with Gasteiger partial charge in [-0.2, -0.15) is 13.3 Å². The minimum Gasteiger partial charge on any atom is -0.346 e. The van der Waals surface area contributed by atoms with Crippen LogP contribution in [0.5, 0.6) is 0 Å². The Morgan fingerprint density at radius 1 is 0.875 bits per heavy atom. The van der Waals surface area contributed by atoms with E-state index in [1.807, 2.05) is 6.92 Å². The minimum absolute atomic E-state index is 0. The molecule has 6 nitrogen and oxygen atoms in total. The van der Waals surface area contributed by atoms with E-state index in [0.29, 0.717) is 0 Å². The largest absolute Gasteiger partial charge is 2.00 e. The third kappa shape index (κ3) is 1190. The predicted octanol–water partition coefficient (Wildman–Crippen LogP) is 0.444. The smallest absolute Gasteiger partial charge is 0.346 e. The van der Waals surface area contributed by atoms with Gasteiger partial charge in [0.1, 0.15) is 0 Å². The molecule has 0 saturated carbocycles. The van der Waals surface area contributed by atoms with Crippen molar-refractivity contribution in [1.29, 1.82) is 0 Å². The van der Waals surface area contributed by atoms with Gasteiger partial charge in [-0.05, 0) is 23.6 Å². The molecule has 0 rings (SSSR count). The van der Waals surface area contributed by atoms with Crippen LogP contribution in [0.25, 0.3) is 0 Å². The van der Waals surface area contributed by atoms with Gasteiger partial charge < -0.3 is 43.2 Å². The van der Waals surface area contributed by atoms with E-state index in [9.17, 15) is 0 Å². The molecule has 0 unspecified atom stereocenters. The fraction of sp³-hybridized carbons (Fsp3) is 0.600. The van der Waals surface area contributed by atoms with Gasteiger partial charge >= 0.3 is 32.9 Å². The van der Waals surface area contributed by atoms with Crippen molar-refractivity contribution < 1.29 is 48.8 Å². The van der Waals surface area contributed by atoms with Gasteiger partial charge in [0.15, 0.2) is 0 Å². The summed E-state index contributed by atoms with van der Waals surface area (Å²) in [6.07, 6.45) is 1.00. The molecule has 16 heavy (non-hydrogen) atoms. The quantitative estimate of drug-likeness (QED) is 0.208. The first-order valence-corrected chi connectivity index (χ1v) is 8.80. The van der Waals surface area contributed by atoms with Gasteiger partial charge in [-0.15, -0.1) is 0 Å². The Hall–Kier alpha value is 1.68. The van der Waals surface area contributed by atoms with Crippen molar-refractivity contribution in [2.45, 2.75) is 20.3 Å². The molecular formula is C5H18O6P2S2Zn. The van der Waals surface area contributed by atoms with Crippen molar-refractivity contribution in [3.8, 4) is 0 Å². The first kappa shape index (κ1) is 30.6. The van der Waals surface area contributed by atoms with E-state index in [1.54, 1.807) is 6.92 Å². The Morgan fingerprint density at radius 3 is 0.875 bits per heavy atom. The zero-order valence-electron chi connectivity index (χ0n) is 9.22. The van der Waals surface area contributed by atoms with E-state index in [0.717, 1.165) is 6.42 Å². The van der Waals surface area contributed by atoms with Crippen LogP contribution in [-0.2, 0) is 43.1 Å². The first-order chi connectivity index (χ1) is 6.41. The summed E-state index contributed by atoms with van der Waals surface area (Å²) in [4.78, 5) is 45.3. The molecule has 0 saturated heterocycles. The molecule has 0 aliphatic rings. The monoisotopic (exact) mass is 364 g/mol. The van der Waals surface area contributed by atoms with Crippen LogP contribution >= 0.6 is 13.4 Å². The van der Waals surface area contributed by atoms with Crippen LogP contribution in [0, 0.1) is 13.8 Å². The predicted molar refractivity (Wildman–Crippen MR) is 68.6 cm³/mol. The average Bonchev–Trinajstić information content (AvgIpc) is 1.84. The molecule has 0 fully saturated rings. The van der Waals surface area contributed by atoms with Crippen LogP contribution in [-0.4, -0.2) is 29.4 Å².